The van der Waals surface area contributed by atoms with Crippen molar-refractivity contribution in [1.29, 1.82) is 0 Å². The number of hydrogen-bond acceptors (Lipinski definition) is 3. The van der Waals surface area contributed by atoms with Crippen molar-refractivity contribution in [3.8, 4) is 5.75 Å². The van der Waals surface area contributed by atoms with Gasteiger partial charge in [0.15, 0.2) is 11.6 Å². The van der Waals surface area contributed by atoms with Crippen molar-refractivity contribution >= 4 is 43.2 Å². The number of benzene rings is 1. The van der Waals surface area contributed by atoms with Gasteiger partial charge < -0.3 is 10.5 Å². The summed E-state index contributed by atoms with van der Waals surface area (Å²) >= 11 is 8.44. The summed E-state index contributed by atoms with van der Waals surface area (Å²) in [4.78, 5) is 0. The third kappa shape index (κ3) is 3.37. The van der Waals surface area contributed by atoms with Gasteiger partial charge in [-0.25, -0.2) is 4.39 Å². The molecule has 0 saturated heterocycles. The minimum Gasteiger partial charge on any atom is -0.494 e. The first-order valence-electron chi connectivity index (χ1n) is 5.54. The quantitative estimate of drug-likeness (QED) is 0.798. The van der Waals surface area contributed by atoms with Gasteiger partial charge in [-0.15, -0.1) is 11.3 Å². The Morgan fingerprint density at radius 1 is 1.42 bits per heavy atom. The molecule has 1 aromatic heterocycles. The molecule has 2 nitrogen and oxygen atoms in total. The maximum atomic E-state index is 14.1. The zero-order valence-corrected chi connectivity index (χ0v) is 14.1. The standard InChI is InChI=1S/C13H12Br2FNOS/c1-18-10-4-2-3-7(12(10)16)5-9(17)8-6-11(14)19-13(8)15/h2-4,6,9H,5,17H2,1H3. The highest BCUT2D eigenvalue weighted by Crippen LogP contribution is 2.36. The molecule has 1 heterocycles. The predicted octanol–water partition coefficient (Wildman–Crippen LogP) is 4.66. The van der Waals surface area contributed by atoms with E-state index in [0.29, 0.717) is 12.0 Å². The molecule has 0 spiro atoms. The zero-order valence-electron chi connectivity index (χ0n) is 10.1. The number of hydrogen-bond donors (Lipinski definition) is 1. The maximum absolute atomic E-state index is 14.1. The Bertz CT molecular complexity index is 588. The van der Waals surface area contributed by atoms with Gasteiger partial charge in [-0.3, -0.25) is 0 Å². The first kappa shape index (κ1) is 15.0. The molecule has 2 N–H and O–H groups in total. The number of thiophene rings is 1. The Morgan fingerprint density at radius 3 is 2.74 bits per heavy atom. The van der Waals surface area contributed by atoms with Crippen LogP contribution in [-0.4, -0.2) is 7.11 Å². The van der Waals surface area contributed by atoms with Crippen LogP contribution in [0.2, 0.25) is 0 Å². The Labute approximate surface area is 132 Å². The van der Waals surface area contributed by atoms with Gasteiger partial charge >= 0.3 is 0 Å². The van der Waals surface area contributed by atoms with Crippen LogP contribution in [0.3, 0.4) is 0 Å². The van der Waals surface area contributed by atoms with Crippen LogP contribution >= 0.6 is 43.2 Å². The molecule has 102 valence electrons. The number of ether oxygens (including phenoxy) is 1. The van der Waals surface area contributed by atoms with Gasteiger partial charge in [0, 0.05) is 6.04 Å². The number of nitrogens with two attached hydrogens (primary N) is 1. The van der Waals surface area contributed by atoms with E-state index in [-0.39, 0.29) is 17.6 Å². The van der Waals surface area contributed by atoms with Crippen LogP contribution in [0.15, 0.2) is 31.8 Å². The first-order chi connectivity index (χ1) is 9.02. The summed E-state index contributed by atoms with van der Waals surface area (Å²) in [5, 5.41) is 0. The van der Waals surface area contributed by atoms with E-state index < -0.39 is 0 Å². The molecule has 2 aromatic rings. The Hall–Kier alpha value is -0.430. The monoisotopic (exact) mass is 407 g/mol. The van der Waals surface area contributed by atoms with Gasteiger partial charge in [-0.2, -0.15) is 0 Å². The molecule has 1 unspecified atom stereocenters. The fraction of sp³-hybridized carbons (Fsp3) is 0.231. The normalized spacial score (nSPS) is 12.5. The van der Waals surface area contributed by atoms with E-state index >= 15 is 0 Å². The molecule has 1 aromatic carbocycles. The van der Waals surface area contributed by atoms with Crippen LogP contribution in [0.1, 0.15) is 17.2 Å². The summed E-state index contributed by atoms with van der Waals surface area (Å²) in [5.74, 6) is -0.0962. The van der Waals surface area contributed by atoms with Gasteiger partial charge in [0.05, 0.1) is 14.7 Å². The van der Waals surface area contributed by atoms with Crippen LogP contribution < -0.4 is 10.5 Å². The molecule has 19 heavy (non-hydrogen) atoms. The second-order valence-corrected chi connectivity index (χ2v) is 7.77. The summed E-state index contributed by atoms with van der Waals surface area (Å²) in [6.07, 6.45) is 0.421. The van der Waals surface area contributed by atoms with E-state index in [1.807, 2.05) is 6.07 Å². The highest BCUT2D eigenvalue weighted by Gasteiger charge is 2.17. The molecule has 6 heteroatoms. The van der Waals surface area contributed by atoms with Crippen molar-refractivity contribution in [3.63, 3.8) is 0 Å². The number of methoxy groups -OCH3 is 1. The second kappa shape index (κ2) is 6.35. The van der Waals surface area contributed by atoms with Crippen molar-refractivity contribution in [2.45, 2.75) is 12.5 Å². The fourth-order valence-electron chi connectivity index (χ4n) is 1.82. The van der Waals surface area contributed by atoms with Crippen molar-refractivity contribution in [2.75, 3.05) is 7.11 Å². The van der Waals surface area contributed by atoms with Gasteiger partial charge in [0.1, 0.15) is 0 Å². The SMILES string of the molecule is COc1cccc(CC(N)c2cc(Br)sc2Br)c1F. The van der Waals surface area contributed by atoms with Gasteiger partial charge in [-0.1, -0.05) is 12.1 Å². The molecule has 1 atom stereocenters. The molecule has 0 aliphatic heterocycles. The van der Waals surface area contributed by atoms with Crippen LogP contribution in [0.4, 0.5) is 4.39 Å². The third-order valence-corrected chi connectivity index (χ3v) is 5.17. The smallest absolute Gasteiger partial charge is 0.168 e. The highest BCUT2D eigenvalue weighted by molar-refractivity contribution is 9.12. The highest BCUT2D eigenvalue weighted by atomic mass is 79.9. The molecule has 0 aliphatic carbocycles. The number of halogens is 3. The van der Waals surface area contributed by atoms with Crippen LogP contribution in [0.25, 0.3) is 0 Å². The molecule has 0 amide bonds. The average Bonchev–Trinajstić information content (AvgIpc) is 2.71. The van der Waals surface area contributed by atoms with E-state index in [1.165, 1.54) is 7.11 Å². The van der Waals surface area contributed by atoms with E-state index in [9.17, 15) is 4.39 Å². The van der Waals surface area contributed by atoms with E-state index in [1.54, 1.807) is 29.5 Å². The summed E-state index contributed by atoms with van der Waals surface area (Å²) in [7, 11) is 1.45. The second-order valence-electron chi connectivity index (χ2n) is 4.02. The largest absolute Gasteiger partial charge is 0.494 e. The maximum Gasteiger partial charge on any atom is 0.168 e. The van der Waals surface area contributed by atoms with Crippen molar-refractivity contribution < 1.29 is 9.13 Å². The van der Waals surface area contributed by atoms with Crippen molar-refractivity contribution in [1.82, 2.24) is 0 Å². The van der Waals surface area contributed by atoms with Crippen LogP contribution in [0, 0.1) is 5.82 Å². The topological polar surface area (TPSA) is 35.2 Å². The minimum absolute atomic E-state index is 0.246. The summed E-state index contributed by atoms with van der Waals surface area (Å²) in [5.41, 5.74) is 7.68. The van der Waals surface area contributed by atoms with Crippen molar-refractivity contribution in [3.05, 3.63) is 48.8 Å². The molecule has 0 fully saturated rings. The van der Waals surface area contributed by atoms with E-state index in [2.05, 4.69) is 31.9 Å². The molecule has 0 radical (unpaired) electrons. The van der Waals surface area contributed by atoms with Crippen molar-refractivity contribution in [2.24, 2.45) is 5.73 Å². The summed E-state index contributed by atoms with van der Waals surface area (Å²) in [6.45, 7) is 0. The number of rotatable bonds is 4. The Kier molecular flexibility index (Phi) is 5.00. The minimum atomic E-state index is -0.342. The summed E-state index contributed by atoms with van der Waals surface area (Å²) in [6, 6.07) is 6.78. The fourth-order valence-corrected chi connectivity index (χ4v) is 4.83. The van der Waals surface area contributed by atoms with Gasteiger partial charge in [-0.05, 0) is 61.5 Å². The molecular weight excluding hydrogens is 397 g/mol. The van der Waals surface area contributed by atoms with E-state index in [4.69, 9.17) is 10.5 Å². The van der Waals surface area contributed by atoms with Gasteiger partial charge in [0.25, 0.3) is 0 Å². The predicted molar refractivity (Wildman–Crippen MR) is 83.3 cm³/mol. The lowest BCUT2D eigenvalue weighted by Gasteiger charge is -2.13. The lowest BCUT2D eigenvalue weighted by molar-refractivity contribution is 0.383. The van der Waals surface area contributed by atoms with Gasteiger partial charge in [0.2, 0.25) is 0 Å². The Balaban J connectivity index is 2.24. The molecule has 2 rings (SSSR count). The lowest BCUT2D eigenvalue weighted by Crippen LogP contribution is -2.14. The zero-order chi connectivity index (χ0) is 14.0. The average molecular weight is 409 g/mol. The van der Waals surface area contributed by atoms with Crippen LogP contribution in [-0.2, 0) is 6.42 Å². The third-order valence-electron chi connectivity index (χ3n) is 2.79. The lowest BCUT2D eigenvalue weighted by atomic mass is 10.0. The Morgan fingerprint density at radius 2 is 2.16 bits per heavy atom. The molecule has 0 aliphatic rings. The summed E-state index contributed by atoms with van der Waals surface area (Å²) < 4.78 is 21.0. The van der Waals surface area contributed by atoms with Crippen LogP contribution in [0.5, 0.6) is 5.75 Å². The molecule has 0 saturated carbocycles. The molecule has 0 bridgehead atoms. The van der Waals surface area contributed by atoms with E-state index in [0.717, 1.165) is 13.1 Å². The first-order valence-corrected chi connectivity index (χ1v) is 7.95. The molecular formula is C13H12Br2FNOS.